The first-order chi connectivity index (χ1) is 17.1. The maximum atomic E-state index is 15.6. The number of aryl methyl sites for hydroxylation is 1. The van der Waals surface area contributed by atoms with E-state index in [1.165, 1.54) is 18.4 Å². The topological polar surface area (TPSA) is 90.3 Å². The van der Waals surface area contributed by atoms with Crippen LogP contribution in [0.1, 0.15) is 64.3 Å². The summed E-state index contributed by atoms with van der Waals surface area (Å²) in [5.41, 5.74) is 3.93. The van der Waals surface area contributed by atoms with Gasteiger partial charge in [-0.2, -0.15) is 5.26 Å². The molecule has 0 spiro atoms. The number of aromatic nitrogens is 1. The maximum absolute atomic E-state index is 15.6. The molecule has 35 heavy (non-hydrogen) atoms. The fourth-order valence-corrected chi connectivity index (χ4v) is 6.61. The third kappa shape index (κ3) is 3.56. The van der Waals surface area contributed by atoms with Crippen molar-refractivity contribution in [1.29, 1.82) is 5.26 Å². The predicted molar refractivity (Wildman–Crippen MR) is 127 cm³/mol. The number of amides is 1. The van der Waals surface area contributed by atoms with E-state index in [1.54, 1.807) is 6.20 Å². The average Bonchev–Trinajstić information content (AvgIpc) is 3.61. The highest BCUT2D eigenvalue weighted by Crippen LogP contribution is 2.54. The van der Waals surface area contributed by atoms with Gasteiger partial charge in [0.15, 0.2) is 0 Å². The number of hydrogen-bond donors (Lipinski definition) is 2. The van der Waals surface area contributed by atoms with Gasteiger partial charge in [0.1, 0.15) is 29.8 Å². The molecule has 1 aromatic heterocycles. The lowest BCUT2D eigenvalue weighted by Crippen LogP contribution is -2.51. The van der Waals surface area contributed by atoms with Crippen LogP contribution in [0.15, 0.2) is 18.3 Å². The number of anilines is 1. The second-order valence-corrected chi connectivity index (χ2v) is 10.8. The van der Waals surface area contributed by atoms with Gasteiger partial charge in [0.25, 0.3) is 5.91 Å². The van der Waals surface area contributed by atoms with Gasteiger partial charge in [-0.3, -0.25) is 9.78 Å². The molecule has 5 atom stereocenters. The third-order valence-electron chi connectivity index (χ3n) is 8.54. The number of hydrogen-bond acceptors (Lipinski definition) is 6. The van der Waals surface area contributed by atoms with Crippen molar-refractivity contribution in [2.24, 2.45) is 5.92 Å². The minimum Gasteiger partial charge on any atom is -0.491 e. The van der Waals surface area contributed by atoms with Crippen molar-refractivity contribution in [3.8, 4) is 11.8 Å². The van der Waals surface area contributed by atoms with Crippen molar-refractivity contribution < 1.29 is 13.9 Å². The first-order valence-electron chi connectivity index (χ1n) is 12.8. The zero-order chi connectivity index (χ0) is 23.7. The van der Waals surface area contributed by atoms with Crippen molar-refractivity contribution >= 4 is 11.6 Å². The summed E-state index contributed by atoms with van der Waals surface area (Å²) >= 11 is 0. The van der Waals surface area contributed by atoms with Crippen LogP contribution < -0.4 is 20.3 Å². The van der Waals surface area contributed by atoms with E-state index >= 15 is 4.39 Å². The van der Waals surface area contributed by atoms with Crippen LogP contribution in [0.2, 0.25) is 0 Å². The number of pyridine rings is 1. The van der Waals surface area contributed by atoms with E-state index in [4.69, 9.17) is 4.74 Å². The maximum Gasteiger partial charge on any atom is 0.253 e. The standard InChI is InChI=1S/C27H28FN5O2/c28-26-21-7-18(32-27(34)15-6-20-19-5-14(19)1-4-23(20)30-10-15)13-35-25(21)8-24(22(26)9-29)33-11-16-2-3-17(12-33)31-16/h6,8,10,14,16-19,31H,1-5,7,11-13H2,(H,32,34)/t14-,16?,17?,18-,19+/m1/s1. The van der Waals surface area contributed by atoms with Crippen molar-refractivity contribution in [2.45, 2.75) is 62.6 Å². The lowest BCUT2D eigenvalue weighted by Gasteiger charge is -2.36. The number of piperazine rings is 1. The monoisotopic (exact) mass is 473 g/mol. The molecule has 2 aromatic rings. The molecule has 7 rings (SSSR count). The zero-order valence-electron chi connectivity index (χ0n) is 19.5. The van der Waals surface area contributed by atoms with Crippen LogP contribution in [0, 0.1) is 23.1 Å². The molecular formula is C27H28FN5O2. The smallest absolute Gasteiger partial charge is 0.253 e. The molecular weight excluding hydrogens is 445 g/mol. The number of nitrogens with zero attached hydrogens (tertiary/aromatic N) is 3. The molecule has 1 saturated carbocycles. The van der Waals surface area contributed by atoms with Crippen molar-refractivity contribution in [3.63, 3.8) is 0 Å². The number of nitriles is 1. The molecule has 7 nitrogen and oxygen atoms in total. The minimum atomic E-state index is -0.528. The minimum absolute atomic E-state index is 0.0681. The van der Waals surface area contributed by atoms with E-state index in [0.29, 0.717) is 40.6 Å². The van der Waals surface area contributed by atoms with Gasteiger partial charge in [-0.1, -0.05) is 0 Å². The molecule has 5 aliphatic rings. The highest BCUT2D eigenvalue weighted by Gasteiger charge is 2.43. The molecule has 2 N–H and O–H groups in total. The molecule has 180 valence electrons. The molecule has 0 radical (unpaired) electrons. The molecule has 8 heteroatoms. The highest BCUT2D eigenvalue weighted by atomic mass is 19.1. The number of nitrogens with one attached hydrogen (secondary N) is 2. The summed E-state index contributed by atoms with van der Waals surface area (Å²) < 4.78 is 21.5. The van der Waals surface area contributed by atoms with Crippen LogP contribution >= 0.6 is 0 Å². The predicted octanol–water partition coefficient (Wildman–Crippen LogP) is 2.82. The number of carbonyl (C=O) groups is 1. The fourth-order valence-electron chi connectivity index (χ4n) is 6.61. The molecule has 2 aliphatic carbocycles. The molecule has 3 aliphatic heterocycles. The molecule has 4 heterocycles. The van der Waals surface area contributed by atoms with E-state index in [1.807, 2.05) is 12.1 Å². The SMILES string of the molecule is N#Cc1c(N2CC3CCC(C2)N3)cc2c(c1F)C[C@@H](NC(=O)c1cnc3c(c1)[C@H]1C[C@H]1CC3)CO2. The summed E-state index contributed by atoms with van der Waals surface area (Å²) in [5.74, 6) is 1.05. The fraction of sp³-hybridized carbons (Fsp3) is 0.519. The number of rotatable bonds is 3. The van der Waals surface area contributed by atoms with Gasteiger partial charge >= 0.3 is 0 Å². The summed E-state index contributed by atoms with van der Waals surface area (Å²) in [4.78, 5) is 19.7. The Morgan fingerprint density at radius 2 is 2.09 bits per heavy atom. The van der Waals surface area contributed by atoms with E-state index in [-0.39, 0.29) is 30.5 Å². The van der Waals surface area contributed by atoms with Gasteiger partial charge in [-0.15, -0.1) is 0 Å². The summed E-state index contributed by atoms with van der Waals surface area (Å²) in [5, 5.41) is 16.4. The van der Waals surface area contributed by atoms with Gasteiger partial charge in [-0.25, -0.2) is 4.39 Å². The van der Waals surface area contributed by atoms with E-state index in [0.717, 1.165) is 44.0 Å². The summed E-state index contributed by atoms with van der Waals surface area (Å²) in [6.07, 6.45) is 7.54. The molecule has 3 fully saturated rings. The summed E-state index contributed by atoms with van der Waals surface area (Å²) in [6.45, 7) is 1.79. The average molecular weight is 474 g/mol. The first kappa shape index (κ1) is 21.1. The second-order valence-electron chi connectivity index (χ2n) is 10.8. The Bertz CT molecular complexity index is 1260. The van der Waals surface area contributed by atoms with Crippen molar-refractivity contribution in [1.82, 2.24) is 15.6 Å². The highest BCUT2D eigenvalue weighted by molar-refractivity contribution is 5.94. The first-order valence-corrected chi connectivity index (χ1v) is 12.8. The molecule has 2 unspecified atom stereocenters. The van der Waals surface area contributed by atoms with Gasteiger partial charge in [0, 0.05) is 55.1 Å². The van der Waals surface area contributed by atoms with E-state index in [2.05, 4.69) is 26.6 Å². The zero-order valence-corrected chi connectivity index (χ0v) is 19.5. The lowest BCUT2D eigenvalue weighted by atomic mass is 9.94. The Balaban J connectivity index is 1.10. The normalized spacial score (nSPS) is 29.8. The van der Waals surface area contributed by atoms with Crippen LogP contribution in [0.25, 0.3) is 0 Å². The second kappa shape index (κ2) is 7.92. The van der Waals surface area contributed by atoms with Gasteiger partial charge in [0.2, 0.25) is 0 Å². The van der Waals surface area contributed by atoms with E-state index < -0.39 is 5.82 Å². The van der Waals surface area contributed by atoms with Crippen LogP contribution in [0.5, 0.6) is 5.75 Å². The van der Waals surface area contributed by atoms with E-state index in [9.17, 15) is 10.1 Å². The van der Waals surface area contributed by atoms with Gasteiger partial charge < -0.3 is 20.3 Å². The third-order valence-corrected chi connectivity index (χ3v) is 8.54. The molecule has 1 amide bonds. The Morgan fingerprint density at radius 1 is 1.26 bits per heavy atom. The van der Waals surface area contributed by atoms with Crippen LogP contribution in [-0.2, 0) is 12.8 Å². The number of benzene rings is 1. The summed E-state index contributed by atoms with van der Waals surface area (Å²) in [6, 6.07) is 6.28. The Hall–Kier alpha value is -3.18. The quantitative estimate of drug-likeness (QED) is 0.713. The lowest BCUT2D eigenvalue weighted by molar-refractivity contribution is 0.0914. The number of fused-ring (bicyclic) bond motifs is 6. The van der Waals surface area contributed by atoms with Crippen molar-refractivity contribution in [2.75, 3.05) is 24.6 Å². The van der Waals surface area contributed by atoms with Gasteiger partial charge in [0.05, 0.1) is 17.3 Å². The van der Waals surface area contributed by atoms with Crippen LogP contribution in [0.4, 0.5) is 10.1 Å². The largest absolute Gasteiger partial charge is 0.491 e. The Labute approximate surface area is 203 Å². The van der Waals surface area contributed by atoms with Crippen LogP contribution in [0.3, 0.4) is 0 Å². The number of halogens is 1. The Morgan fingerprint density at radius 3 is 2.89 bits per heavy atom. The number of ether oxygens (including phenoxy) is 1. The van der Waals surface area contributed by atoms with Gasteiger partial charge in [-0.05, 0) is 55.6 Å². The van der Waals surface area contributed by atoms with Crippen LogP contribution in [-0.4, -0.2) is 48.7 Å². The molecule has 1 aromatic carbocycles. The summed E-state index contributed by atoms with van der Waals surface area (Å²) in [7, 11) is 0. The molecule has 2 saturated heterocycles. The number of carbonyl (C=O) groups excluding carboxylic acids is 1. The molecule has 2 bridgehead atoms. The van der Waals surface area contributed by atoms with Crippen molar-refractivity contribution in [3.05, 3.63) is 52.1 Å². The Kier molecular flexibility index (Phi) is 4.78.